The maximum atomic E-state index is 11.2. The summed E-state index contributed by atoms with van der Waals surface area (Å²) in [5.74, 6) is 1.74. The summed E-state index contributed by atoms with van der Waals surface area (Å²) in [6.45, 7) is 1.27. The van der Waals surface area contributed by atoms with Gasteiger partial charge in [-0.05, 0) is 38.1 Å². The molecule has 2 N–H and O–H groups in total. The fourth-order valence-electron chi connectivity index (χ4n) is 3.81. The van der Waals surface area contributed by atoms with Crippen LogP contribution in [0, 0.1) is 11.8 Å². The first kappa shape index (κ1) is 13.3. The van der Waals surface area contributed by atoms with E-state index >= 15 is 0 Å². The molecule has 0 aromatic carbocycles. The number of hydrogen-bond acceptors (Lipinski definition) is 4. The molecule has 0 spiro atoms. The van der Waals surface area contributed by atoms with Crippen molar-refractivity contribution in [1.82, 2.24) is 4.90 Å². The Morgan fingerprint density at radius 2 is 2.12 bits per heavy atom. The minimum atomic E-state index is -2.88. The van der Waals surface area contributed by atoms with Gasteiger partial charge in [-0.1, -0.05) is 6.42 Å². The van der Waals surface area contributed by atoms with Crippen LogP contribution in [0.2, 0.25) is 0 Å². The van der Waals surface area contributed by atoms with E-state index in [2.05, 4.69) is 4.90 Å². The third-order valence-electron chi connectivity index (χ3n) is 4.85. The van der Waals surface area contributed by atoms with Crippen molar-refractivity contribution < 1.29 is 8.42 Å². The Bertz CT molecular complexity index is 382. The first-order valence-corrected chi connectivity index (χ1v) is 8.52. The fourth-order valence-corrected chi connectivity index (χ4v) is 4.42. The second kappa shape index (κ2) is 4.52. The Labute approximate surface area is 104 Å². The zero-order chi connectivity index (χ0) is 12.7. The minimum absolute atomic E-state index is 0.0770. The highest BCUT2D eigenvalue weighted by atomic mass is 32.2. The van der Waals surface area contributed by atoms with E-state index in [0.29, 0.717) is 19.0 Å². The molecule has 2 fully saturated rings. The molecule has 2 saturated carbocycles. The van der Waals surface area contributed by atoms with Crippen LogP contribution < -0.4 is 5.73 Å². The topological polar surface area (TPSA) is 63.4 Å². The van der Waals surface area contributed by atoms with Crippen LogP contribution in [0.15, 0.2) is 0 Å². The molecule has 0 heterocycles. The standard InChI is InChI=1S/C12H24N2O2S/c1-14(5-6-17(2,15)16)12(9-13)8-10-3-4-11(12)7-10/h10-11H,3-9,13H2,1-2H3. The highest BCUT2D eigenvalue weighted by Crippen LogP contribution is 2.52. The summed E-state index contributed by atoms with van der Waals surface area (Å²) in [7, 11) is -0.839. The van der Waals surface area contributed by atoms with E-state index in [9.17, 15) is 8.42 Å². The normalized spacial score (nSPS) is 36.9. The van der Waals surface area contributed by atoms with E-state index in [0.717, 1.165) is 12.3 Å². The summed E-state index contributed by atoms with van der Waals surface area (Å²) in [6.07, 6.45) is 6.36. The van der Waals surface area contributed by atoms with Gasteiger partial charge in [-0.25, -0.2) is 8.42 Å². The second-order valence-electron chi connectivity index (χ2n) is 5.94. The summed E-state index contributed by atoms with van der Waals surface area (Å²) in [4.78, 5) is 2.22. The van der Waals surface area contributed by atoms with Crippen LogP contribution in [0.3, 0.4) is 0 Å². The maximum Gasteiger partial charge on any atom is 0.148 e. The van der Waals surface area contributed by atoms with Gasteiger partial charge in [-0.2, -0.15) is 0 Å². The molecule has 0 aromatic heterocycles. The van der Waals surface area contributed by atoms with Gasteiger partial charge in [0.15, 0.2) is 0 Å². The van der Waals surface area contributed by atoms with Gasteiger partial charge in [-0.15, -0.1) is 0 Å². The Morgan fingerprint density at radius 1 is 1.41 bits per heavy atom. The molecule has 17 heavy (non-hydrogen) atoms. The first-order chi connectivity index (χ1) is 7.87. The lowest BCUT2D eigenvalue weighted by Crippen LogP contribution is -2.56. The molecule has 5 heteroatoms. The molecule has 0 saturated heterocycles. The predicted molar refractivity (Wildman–Crippen MR) is 69.6 cm³/mol. The Balaban J connectivity index is 2.03. The molecule has 0 aromatic rings. The van der Waals surface area contributed by atoms with Crippen molar-refractivity contribution in [2.24, 2.45) is 17.6 Å². The molecule has 2 bridgehead atoms. The predicted octanol–water partition coefficient (Wildman–Crippen LogP) is 0.480. The zero-order valence-electron chi connectivity index (χ0n) is 10.9. The quantitative estimate of drug-likeness (QED) is 0.781. The minimum Gasteiger partial charge on any atom is -0.329 e. The van der Waals surface area contributed by atoms with E-state index < -0.39 is 9.84 Å². The molecule has 0 aliphatic heterocycles. The van der Waals surface area contributed by atoms with Gasteiger partial charge in [0.05, 0.1) is 5.75 Å². The van der Waals surface area contributed by atoms with Gasteiger partial charge in [0.25, 0.3) is 0 Å². The van der Waals surface area contributed by atoms with Crippen molar-refractivity contribution in [3.05, 3.63) is 0 Å². The molecule has 0 amide bonds. The number of nitrogens with two attached hydrogens (primary N) is 1. The molecular formula is C12H24N2O2S. The first-order valence-electron chi connectivity index (χ1n) is 6.46. The summed E-state index contributed by atoms with van der Waals surface area (Å²) < 4.78 is 22.5. The molecule has 2 aliphatic carbocycles. The Morgan fingerprint density at radius 3 is 2.53 bits per heavy atom. The SMILES string of the molecule is CN(CCS(C)(=O)=O)C1(CN)CC2CCC1C2. The molecule has 3 unspecified atom stereocenters. The maximum absolute atomic E-state index is 11.2. The highest BCUT2D eigenvalue weighted by molar-refractivity contribution is 7.90. The van der Waals surface area contributed by atoms with Crippen LogP contribution in [0.5, 0.6) is 0 Å². The van der Waals surface area contributed by atoms with Crippen LogP contribution in [0.4, 0.5) is 0 Å². The molecule has 4 nitrogen and oxygen atoms in total. The number of sulfone groups is 1. The average Bonchev–Trinajstić information content (AvgIpc) is 2.84. The smallest absolute Gasteiger partial charge is 0.148 e. The van der Waals surface area contributed by atoms with Crippen LogP contribution in [-0.4, -0.2) is 51.0 Å². The van der Waals surface area contributed by atoms with Gasteiger partial charge in [0, 0.05) is 24.9 Å². The molecule has 2 aliphatic rings. The van der Waals surface area contributed by atoms with E-state index in [1.54, 1.807) is 0 Å². The molecule has 0 radical (unpaired) electrons. The molecular weight excluding hydrogens is 236 g/mol. The molecule has 3 atom stereocenters. The lowest BCUT2D eigenvalue weighted by Gasteiger charge is -2.44. The Hall–Kier alpha value is -0.130. The fraction of sp³-hybridized carbons (Fsp3) is 1.00. The third-order valence-corrected chi connectivity index (χ3v) is 5.78. The van der Waals surface area contributed by atoms with Gasteiger partial charge < -0.3 is 5.73 Å². The van der Waals surface area contributed by atoms with E-state index in [-0.39, 0.29) is 11.3 Å². The van der Waals surface area contributed by atoms with Crippen molar-refractivity contribution in [1.29, 1.82) is 0 Å². The summed E-state index contributed by atoms with van der Waals surface area (Å²) in [5.41, 5.74) is 6.08. The van der Waals surface area contributed by atoms with Gasteiger partial charge in [0.2, 0.25) is 0 Å². The lowest BCUT2D eigenvalue weighted by molar-refractivity contribution is 0.0715. The van der Waals surface area contributed by atoms with Crippen LogP contribution >= 0.6 is 0 Å². The van der Waals surface area contributed by atoms with E-state index in [1.807, 2.05) is 7.05 Å². The zero-order valence-corrected chi connectivity index (χ0v) is 11.7. The summed E-state index contributed by atoms with van der Waals surface area (Å²) in [5, 5.41) is 0. The summed E-state index contributed by atoms with van der Waals surface area (Å²) >= 11 is 0. The van der Waals surface area contributed by atoms with Gasteiger partial charge >= 0.3 is 0 Å². The summed E-state index contributed by atoms with van der Waals surface area (Å²) in [6, 6.07) is 0. The van der Waals surface area contributed by atoms with Crippen LogP contribution in [0.25, 0.3) is 0 Å². The average molecular weight is 260 g/mol. The number of hydrogen-bond donors (Lipinski definition) is 1. The number of rotatable bonds is 5. The molecule has 100 valence electrons. The van der Waals surface area contributed by atoms with Crippen molar-refractivity contribution in [3.63, 3.8) is 0 Å². The van der Waals surface area contributed by atoms with E-state index in [4.69, 9.17) is 5.73 Å². The monoisotopic (exact) mass is 260 g/mol. The largest absolute Gasteiger partial charge is 0.329 e. The van der Waals surface area contributed by atoms with Crippen molar-refractivity contribution in [3.8, 4) is 0 Å². The van der Waals surface area contributed by atoms with Crippen LogP contribution in [0.1, 0.15) is 25.7 Å². The van der Waals surface area contributed by atoms with Crippen molar-refractivity contribution in [2.45, 2.75) is 31.2 Å². The van der Waals surface area contributed by atoms with Gasteiger partial charge in [-0.3, -0.25) is 4.90 Å². The second-order valence-corrected chi connectivity index (χ2v) is 8.20. The van der Waals surface area contributed by atoms with Gasteiger partial charge in [0.1, 0.15) is 9.84 Å². The van der Waals surface area contributed by atoms with Crippen molar-refractivity contribution in [2.75, 3.05) is 32.1 Å². The van der Waals surface area contributed by atoms with E-state index in [1.165, 1.54) is 25.5 Å². The number of fused-ring (bicyclic) bond motifs is 2. The number of nitrogens with zero attached hydrogens (tertiary/aromatic N) is 1. The van der Waals surface area contributed by atoms with Crippen LogP contribution in [-0.2, 0) is 9.84 Å². The van der Waals surface area contributed by atoms with Crippen molar-refractivity contribution >= 4 is 9.84 Å². The Kier molecular flexibility index (Phi) is 3.54. The highest BCUT2D eigenvalue weighted by Gasteiger charge is 2.52. The molecule has 2 rings (SSSR count). The number of likely N-dealkylation sites (N-methyl/N-ethyl adjacent to an activating group) is 1. The lowest BCUT2D eigenvalue weighted by atomic mass is 9.79. The third kappa shape index (κ3) is 2.51.